The molecular formula is C15H19ClN3O2+. The zero-order valence-electron chi connectivity index (χ0n) is 12.1. The first kappa shape index (κ1) is 15.8. The lowest BCUT2D eigenvalue weighted by atomic mass is 10.2. The van der Waals surface area contributed by atoms with E-state index in [4.69, 9.17) is 21.6 Å². The molecule has 1 fully saturated rings. The third-order valence-electron chi connectivity index (χ3n) is 3.40. The van der Waals surface area contributed by atoms with E-state index in [0.717, 1.165) is 13.1 Å². The minimum absolute atomic E-state index is 0.0629. The molecule has 2 rings (SSSR count). The molecule has 0 radical (unpaired) electrons. The Kier molecular flexibility index (Phi) is 5.18. The molecule has 0 spiro atoms. The monoisotopic (exact) mass is 308 g/mol. The molecule has 6 heteroatoms. The van der Waals surface area contributed by atoms with E-state index in [-0.39, 0.29) is 18.1 Å². The highest BCUT2D eigenvalue weighted by molar-refractivity contribution is 6.32. The first-order valence-corrected chi connectivity index (χ1v) is 7.34. The Morgan fingerprint density at radius 2 is 2.14 bits per heavy atom. The van der Waals surface area contributed by atoms with Crippen molar-refractivity contribution in [1.82, 2.24) is 0 Å². The minimum Gasteiger partial charge on any atom is -0.364 e. The third kappa shape index (κ3) is 4.43. The highest BCUT2D eigenvalue weighted by Gasteiger charge is 2.27. The summed E-state index contributed by atoms with van der Waals surface area (Å²) in [4.78, 5) is 13.3. The van der Waals surface area contributed by atoms with Gasteiger partial charge in [-0.2, -0.15) is 5.26 Å². The maximum Gasteiger partial charge on any atom is 0.279 e. The highest BCUT2D eigenvalue weighted by atomic mass is 35.5. The molecule has 1 unspecified atom stereocenters. The van der Waals surface area contributed by atoms with E-state index < -0.39 is 0 Å². The fourth-order valence-corrected chi connectivity index (χ4v) is 2.87. The van der Waals surface area contributed by atoms with E-state index in [2.05, 4.69) is 5.32 Å². The van der Waals surface area contributed by atoms with Gasteiger partial charge in [-0.05, 0) is 32.0 Å². The number of nitrogens with one attached hydrogen (secondary N) is 2. The molecule has 1 aromatic rings. The fraction of sp³-hybridized carbons (Fsp3) is 0.467. The number of halogens is 1. The summed E-state index contributed by atoms with van der Waals surface area (Å²) in [7, 11) is 0. The van der Waals surface area contributed by atoms with Crippen LogP contribution >= 0.6 is 11.6 Å². The molecule has 1 amide bonds. The van der Waals surface area contributed by atoms with Gasteiger partial charge in [-0.15, -0.1) is 0 Å². The number of nitrogens with zero attached hydrogens (tertiary/aromatic N) is 1. The molecule has 0 bridgehead atoms. The topological polar surface area (TPSA) is 66.6 Å². The van der Waals surface area contributed by atoms with Crippen molar-refractivity contribution in [3.8, 4) is 6.07 Å². The van der Waals surface area contributed by atoms with E-state index in [1.165, 1.54) is 4.90 Å². The van der Waals surface area contributed by atoms with Crippen LogP contribution in [0.3, 0.4) is 0 Å². The summed E-state index contributed by atoms with van der Waals surface area (Å²) in [6, 6.07) is 6.87. The van der Waals surface area contributed by atoms with Crippen molar-refractivity contribution in [2.75, 3.05) is 25.0 Å². The van der Waals surface area contributed by atoms with Gasteiger partial charge >= 0.3 is 0 Å². The van der Waals surface area contributed by atoms with Crippen LogP contribution in [-0.4, -0.2) is 37.7 Å². The van der Waals surface area contributed by atoms with Crippen LogP contribution in [0.5, 0.6) is 0 Å². The van der Waals surface area contributed by atoms with Gasteiger partial charge in [-0.1, -0.05) is 11.6 Å². The Hall–Kier alpha value is -1.61. The van der Waals surface area contributed by atoms with Crippen LogP contribution in [0.25, 0.3) is 0 Å². The fourth-order valence-electron chi connectivity index (χ4n) is 2.65. The smallest absolute Gasteiger partial charge is 0.279 e. The summed E-state index contributed by atoms with van der Waals surface area (Å²) in [6.45, 7) is 6.09. The van der Waals surface area contributed by atoms with Gasteiger partial charge in [0.1, 0.15) is 31.4 Å². The average Bonchev–Trinajstić information content (AvgIpc) is 2.37. The average molecular weight is 309 g/mol. The lowest BCUT2D eigenvalue weighted by Gasteiger charge is -2.31. The molecule has 0 saturated carbocycles. The van der Waals surface area contributed by atoms with Crippen LogP contribution in [-0.2, 0) is 9.53 Å². The molecule has 1 heterocycles. The summed E-state index contributed by atoms with van der Waals surface area (Å²) >= 11 is 5.95. The summed E-state index contributed by atoms with van der Waals surface area (Å²) < 4.78 is 5.66. The molecule has 112 valence electrons. The highest BCUT2D eigenvalue weighted by Crippen LogP contribution is 2.19. The van der Waals surface area contributed by atoms with Crippen molar-refractivity contribution in [3.05, 3.63) is 28.8 Å². The SMILES string of the molecule is C[C@@H]1C[NH+](CC(=O)Nc2ccc(C#N)c(Cl)c2)C[C@H](C)O1. The van der Waals surface area contributed by atoms with Crippen LogP contribution in [0.15, 0.2) is 18.2 Å². The summed E-state index contributed by atoms with van der Waals surface area (Å²) in [5, 5.41) is 12.0. The van der Waals surface area contributed by atoms with Crippen molar-refractivity contribution >= 4 is 23.2 Å². The number of hydrogen-bond donors (Lipinski definition) is 2. The maximum absolute atomic E-state index is 12.1. The predicted octanol–water partition coefficient (Wildman–Crippen LogP) is 0.842. The van der Waals surface area contributed by atoms with Gasteiger partial charge in [-0.3, -0.25) is 4.79 Å². The van der Waals surface area contributed by atoms with E-state index in [9.17, 15) is 4.79 Å². The van der Waals surface area contributed by atoms with Crippen molar-refractivity contribution in [2.45, 2.75) is 26.1 Å². The molecule has 3 atom stereocenters. The Morgan fingerprint density at radius 3 is 2.71 bits per heavy atom. The molecule has 5 nitrogen and oxygen atoms in total. The molecule has 0 aromatic heterocycles. The molecule has 21 heavy (non-hydrogen) atoms. The number of anilines is 1. The third-order valence-corrected chi connectivity index (χ3v) is 3.71. The van der Waals surface area contributed by atoms with Gasteiger partial charge < -0.3 is 15.0 Å². The van der Waals surface area contributed by atoms with Gasteiger partial charge in [0.05, 0.1) is 10.6 Å². The standard InChI is InChI=1S/C15H18ClN3O2/c1-10-7-19(8-11(2)21-10)9-15(20)18-13-4-3-12(6-17)14(16)5-13/h3-5,10-11H,7-9H2,1-2H3,(H,18,20)/p+1/t10-,11+. The number of carbonyl (C=O) groups excluding carboxylic acids is 1. The van der Waals surface area contributed by atoms with Crippen LogP contribution in [0, 0.1) is 11.3 Å². The summed E-state index contributed by atoms with van der Waals surface area (Å²) in [5.74, 6) is -0.0629. The number of hydrogen-bond acceptors (Lipinski definition) is 3. The summed E-state index contributed by atoms with van der Waals surface area (Å²) in [6.07, 6.45) is 0.335. The largest absolute Gasteiger partial charge is 0.364 e. The first-order chi connectivity index (χ1) is 9.97. The molecule has 1 saturated heterocycles. The van der Waals surface area contributed by atoms with Crippen LogP contribution in [0.2, 0.25) is 5.02 Å². The van der Waals surface area contributed by atoms with Crippen molar-refractivity contribution in [3.63, 3.8) is 0 Å². The molecule has 1 aromatic carbocycles. The van der Waals surface area contributed by atoms with Gasteiger partial charge in [0, 0.05) is 5.69 Å². The van der Waals surface area contributed by atoms with E-state index >= 15 is 0 Å². The molecule has 0 aliphatic carbocycles. The molecular weight excluding hydrogens is 290 g/mol. The zero-order chi connectivity index (χ0) is 15.4. The van der Waals surface area contributed by atoms with Gasteiger partial charge in [-0.25, -0.2) is 0 Å². The number of nitriles is 1. The summed E-state index contributed by atoms with van der Waals surface area (Å²) in [5.41, 5.74) is 1.01. The lowest BCUT2D eigenvalue weighted by Crippen LogP contribution is -3.16. The second-order valence-electron chi connectivity index (χ2n) is 5.45. The number of amides is 1. The Bertz CT molecular complexity index is 561. The molecule has 1 aliphatic rings. The number of rotatable bonds is 3. The predicted molar refractivity (Wildman–Crippen MR) is 80.4 cm³/mol. The minimum atomic E-state index is -0.0629. The molecule has 1 aliphatic heterocycles. The zero-order valence-corrected chi connectivity index (χ0v) is 12.9. The number of quaternary nitrogens is 1. The van der Waals surface area contributed by atoms with Crippen LogP contribution in [0.1, 0.15) is 19.4 Å². The second-order valence-corrected chi connectivity index (χ2v) is 5.85. The van der Waals surface area contributed by atoms with E-state index in [1.54, 1.807) is 18.2 Å². The number of benzene rings is 1. The normalized spacial score (nSPS) is 25.1. The van der Waals surface area contributed by atoms with Crippen molar-refractivity contribution in [2.24, 2.45) is 0 Å². The Morgan fingerprint density at radius 1 is 1.48 bits per heavy atom. The first-order valence-electron chi connectivity index (χ1n) is 6.96. The van der Waals surface area contributed by atoms with Crippen LogP contribution in [0.4, 0.5) is 5.69 Å². The number of ether oxygens (including phenoxy) is 1. The second kappa shape index (κ2) is 6.90. The Labute approximate surface area is 129 Å². The van der Waals surface area contributed by atoms with Gasteiger partial charge in [0.15, 0.2) is 6.54 Å². The van der Waals surface area contributed by atoms with E-state index in [1.807, 2.05) is 19.9 Å². The maximum atomic E-state index is 12.1. The van der Waals surface area contributed by atoms with Crippen molar-refractivity contribution in [1.29, 1.82) is 5.26 Å². The number of carbonyl (C=O) groups is 1. The molecule has 2 N–H and O–H groups in total. The van der Waals surface area contributed by atoms with Gasteiger partial charge in [0.25, 0.3) is 5.91 Å². The van der Waals surface area contributed by atoms with Gasteiger partial charge in [0.2, 0.25) is 0 Å². The quantitative estimate of drug-likeness (QED) is 0.870. The van der Waals surface area contributed by atoms with Crippen LogP contribution < -0.4 is 10.2 Å². The number of morpholine rings is 1. The van der Waals surface area contributed by atoms with E-state index in [0.29, 0.717) is 22.8 Å². The Balaban J connectivity index is 1.93. The van der Waals surface area contributed by atoms with Crippen molar-refractivity contribution < 1.29 is 14.4 Å². The lowest BCUT2D eigenvalue weighted by molar-refractivity contribution is -0.907.